The summed E-state index contributed by atoms with van der Waals surface area (Å²) in [4.78, 5) is 37.8. The molecule has 1 aliphatic rings. The van der Waals surface area contributed by atoms with Gasteiger partial charge in [-0.1, -0.05) is 0 Å². The van der Waals surface area contributed by atoms with Crippen molar-refractivity contribution in [1.82, 2.24) is 5.32 Å². The Labute approximate surface area is 165 Å². The number of amides is 1. The Morgan fingerprint density at radius 3 is 2.59 bits per heavy atom. The number of carbonyl (C=O) groups excluding carboxylic acids is 3. The molecule has 1 N–H and O–H groups in total. The topological polar surface area (TPSA) is 84.9 Å². The van der Waals surface area contributed by atoms with Crippen LogP contribution in [0.25, 0.3) is 0 Å². The Balaban J connectivity index is 2.32. The maximum Gasteiger partial charge on any atom is 0.408 e. The second-order valence-corrected chi connectivity index (χ2v) is 8.08. The normalized spacial score (nSPS) is 19.6. The summed E-state index contributed by atoms with van der Waals surface area (Å²) in [5.41, 5.74) is -1.48. The number of hydrogen-bond acceptors (Lipinski definition) is 6. The zero-order valence-electron chi connectivity index (χ0n) is 15.6. The minimum absolute atomic E-state index is 0.0469. The number of esters is 1. The molecule has 0 saturated carbocycles. The second kappa shape index (κ2) is 7.84. The third-order valence-electron chi connectivity index (χ3n) is 4.15. The third kappa shape index (κ3) is 4.58. The van der Waals surface area contributed by atoms with Crippen molar-refractivity contribution in [2.45, 2.75) is 38.3 Å². The van der Waals surface area contributed by atoms with Gasteiger partial charge in [-0.3, -0.25) is 4.79 Å². The molecule has 1 aliphatic heterocycles. The molecule has 0 spiro atoms. The highest BCUT2D eigenvalue weighted by Crippen LogP contribution is 2.34. The molecule has 1 fully saturated rings. The van der Waals surface area contributed by atoms with Crippen LogP contribution in [0.4, 0.5) is 14.9 Å². The van der Waals surface area contributed by atoms with E-state index in [1.165, 1.54) is 19.2 Å². The molecule has 1 saturated heterocycles. The number of benzene rings is 1. The van der Waals surface area contributed by atoms with Crippen molar-refractivity contribution in [3.05, 3.63) is 28.0 Å². The Kier molecular flexibility index (Phi) is 6.14. The van der Waals surface area contributed by atoms with Crippen molar-refractivity contribution in [2.75, 3.05) is 25.1 Å². The van der Waals surface area contributed by atoms with Gasteiger partial charge in [0.2, 0.25) is 0 Å². The minimum atomic E-state index is -1.34. The Bertz CT molecular complexity index is 765. The van der Waals surface area contributed by atoms with Crippen LogP contribution in [-0.4, -0.2) is 49.7 Å². The standard InChI is InChI=1S/C18H22BrFN2O5/c1-17(2,3)27-16(25)21-18(15(24)26-4)7-8-22(10-18)13-6-5-12(20)14(19)11(13)9-23/h5-6,9H,7-8,10H2,1-4H3,(H,21,25)/t18-/m1/s1. The zero-order chi connectivity index (χ0) is 20.4. The lowest BCUT2D eigenvalue weighted by atomic mass is 9.99. The average molecular weight is 445 g/mol. The lowest BCUT2D eigenvalue weighted by molar-refractivity contribution is -0.147. The van der Waals surface area contributed by atoms with E-state index in [-0.39, 0.29) is 23.0 Å². The zero-order valence-corrected chi connectivity index (χ0v) is 17.2. The molecule has 0 aromatic heterocycles. The summed E-state index contributed by atoms with van der Waals surface area (Å²) in [6.07, 6.45) is 0.0411. The monoisotopic (exact) mass is 444 g/mol. The Morgan fingerprint density at radius 1 is 1.37 bits per heavy atom. The van der Waals surface area contributed by atoms with E-state index in [0.29, 0.717) is 18.5 Å². The smallest absolute Gasteiger partial charge is 0.408 e. The molecule has 1 aromatic carbocycles. The first-order valence-electron chi connectivity index (χ1n) is 8.31. The van der Waals surface area contributed by atoms with Crippen LogP contribution >= 0.6 is 15.9 Å². The Morgan fingerprint density at radius 2 is 2.04 bits per heavy atom. The predicted molar refractivity (Wildman–Crippen MR) is 100 cm³/mol. The number of rotatable bonds is 4. The number of nitrogens with zero attached hydrogens (tertiary/aromatic N) is 1. The minimum Gasteiger partial charge on any atom is -0.467 e. The molecule has 148 valence electrons. The molecular formula is C18H22BrFN2O5. The summed E-state index contributed by atoms with van der Waals surface area (Å²) in [5, 5.41) is 2.61. The third-order valence-corrected chi connectivity index (χ3v) is 4.96. The molecule has 27 heavy (non-hydrogen) atoms. The van der Waals surface area contributed by atoms with E-state index in [2.05, 4.69) is 21.2 Å². The van der Waals surface area contributed by atoms with E-state index in [0.717, 1.165) is 0 Å². The number of aldehydes is 1. The molecule has 0 unspecified atom stereocenters. The lowest BCUT2D eigenvalue weighted by Crippen LogP contribution is -2.57. The van der Waals surface area contributed by atoms with Gasteiger partial charge in [-0.25, -0.2) is 14.0 Å². The van der Waals surface area contributed by atoms with Crippen molar-refractivity contribution >= 4 is 40.0 Å². The largest absolute Gasteiger partial charge is 0.467 e. The lowest BCUT2D eigenvalue weighted by Gasteiger charge is -2.30. The molecule has 1 aromatic rings. The van der Waals surface area contributed by atoms with Gasteiger partial charge in [0, 0.05) is 18.7 Å². The van der Waals surface area contributed by atoms with Crippen LogP contribution in [0.1, 0.15) is 37.6 Å². The molecule has 0 bridgehead atoms. The molecule has 1 amide bonds. The van der Waals surface area contributed by atoms with Gasteiger partial charge in [0.25, 0.3) is 0 Å². The SMILES string of the molecule is COC(=O)[C@@]1(NC(=O)OC(C)(C)C)CCN(c2ccc(F)c(Br)c2C=O)C1. The van der Waals surface area contributed by atoms with Gasteiger partial charge in [-0.05, 0) is 48.8 Å². The highest BCUT2D eigenvalue weighted by molar-refractivity contribution is 9.10. The van der Waals surface area contributed by atoms with Crippen molar-refractivity contribution in [3.8, 4) is 0 Å². The molecule has 1 atom stereocenters. The molecule has 0 radical (unpaired) electrons. The first kappa shape index (κ1) is 21.1. The summed E-state index contributed by atoms with van der Waals surface area (Å²) >= 11 is 3.07. The quantitative estimate of drug-likeness (QED) is 0.567. The van der Waals surface area contributed by atoms with Crippen molar-refractivity contribution in [3.63, 3.8) is 0 Å². The van der Waals surface area contributed by atoms with Crippen LogP contribution in [0.5, 0.6) is 0 Å². The number of nitrogens with one attached hydrogen (secondary N) is 1. The van der Waals surface area contributed by atoms with Gasteiger partial charge in [-0.2, -0.15) is 0 Å². The fourth-order valence-electron chi connectivity index (χ4n) is 2.97. The van der Waals surface area contributed by atoms with Crippen LogP contribution < -0.4 is 10.2 Å². The van der Waals surface area contributed by atoms with Gasteiger partial charge in [0.15, 0.2) is 11.8 Å². The van der Waals surface area contributed by atoms with Gasteiger partial charge < -0.3 is 19.7 Å². The molecule has 1 heterocycles. The number of ether oxygens (including phenoxy) is 2. The second-order valence-electron chi connectivity index (χ2n) is 7.28. The highest BCUT2D eigenvalue weighted by atomic mass is 79.9. The van der Waals surface area contributed by atoms with E-state index in [9.17, 15) is 18.8 Å². The van der Waals surface area contributed by atoms with E-state index in [1.807, 2.05) is 0 Å². The summed E-state index contributed by atoms with van der Waals surface area (Å²) in [5.74, 6) is -1.18. The number of carbonyl (C=O) groups is 3. The van der Waals surface area contributed by atoms with E-state index in [4.69, 9.17) is 9.47 Å². The van der Waals surface area contributed by atoms with Gasteiger partial charge in [0.1, 0.15) is 11.4 Å². The predicted octanol–water partition coefficient (Wildman–Crippen LogP) is 3.05. The average Bonchev–Trinajstić information content (AvgIpc) is 2.99. The Hall–Kier alpha value is -2.16. The van der Waals surface area contributed by atoms with Crippen molar-refractivity contribution in [2.24, 2.45) is 0 Å². The molecular weight excluding hydrogens is 423 g/mol. The van der Waals surface area contributed by atoms with E-state index in [1.54, 1.807) is 25.7 Å². The summed E-state index contributed by atoms with van der Waals surface area (Å²) < 4.78 is 23.9. The molecule has 0 aliphatic carbocycles. The maximum atomic E-state index is 13.7. The first-order valence-corrected chi connectivity index (χ1v) is 9.10. The molecule has 2 rings (SSSR count). The maximum absolute atomic E-state index is 13.7. The highest BCUT2D eigenvalue weighted by Gasteiger charge is 2.48. The molecule has 7 nitrogen and oxygen atoms in total. The van der Waals surface area contributed by atoms with E-state index < -0.39 is 29.0 Å². The van der Waals surface area contributed by atoms with Gasteiger partial charge >= 0.3 is 12.1 Å². The number of halogens is 2. The van der Waals surface area contributed by atoms with Crippen molar-refractivity contribution < 1.29 is 28.2 Å². The fraction of sp³-hybridized carbons (Fsp3) is 0.500. The van der Waals surface area contributed by atoms with Crippen LogP contribution in [0.2, 0.25) is 0 Å². The number of alkyl carbamates (subject to hydrolysis) is 1. The van der Waals surface area contributed by atoms with Crippen LogP contribution in [0.15, 0.2) is 16.6 Å². The van der Waals surface area contributed by atoms with Gasteiger partial charge in [0.05, 0.1) is 23.7 Å². The summed E-state index contributed by atoms with van der Waals surface area (Å²) in [6.45, 7) is 5.54. The van der Waals surface area contributed by atoms with Crippen LogP contribution in [0.3, 0.4) is 0 Å². The van der Waals surface area contributed by atoms with Crippen molar-refractivity contribution in [1.29, 1.82) is 0 Å². The number of hydrogen-bond donors (Lipinski definition) is 1. The fourth-order valence-corrected chi connectivity index (χ4v) is 3.40. The number of methoxy groups -OCH3 is 1. The summed E-state index contributed by atoms with van der Waals surface area (Å²) in [7, 11) is 1.23. The van der Waals surface area contributed by atoms with Crippen LogP contribution in [0, 0.1) is 5.82 Å². The summed E-state index contributed by atoms with van der Waals surface area (Å²) in [6, 6.07) is 2.69. The molecule has 9 heteroatoms. The van der Waals surface area contributed by atoms with Gasteiger partial charge in [-0.15, -0.1) is 0 Å². The van der Waals surface area contributed by atoms with Crippen LogP contribution in [-0.2, 0) is 14.3 Å². The first-order chi connectivity index (χ1) is 12.5. The number of anilines is 1. The van der Waals surface area contributed by atoms with E-state index >= 15 is 0 Å².